The molecule has 0 amide bonds. The van der Waals surface area contributed by atoms with Crippen molar-refractivity contribution < 1.29 is 44.9 Å². The zero-order valence-corrected chi connectivity index (χ0v) is 15.1. The topological polar surface area (TPSA) is 157 Å². The minimum absolute atomic E-state index is 0.131. The van der Waals surface area contributed by atoms with Crippen molar-refractivity contribution in [2.75, 3.05) is 13.2 Å². The highest BCUT2D eigenvalue weighted by Crippen LogP contribution is 2.38. The predicted octanol–water partition coefficient (Wildman–Crippen LogP) is -1.08. The summed E-state index contributed by atoms with van der Waals surface area (Å²) in [7, 11) is 0. The third-order valence-electron chi connectivity index (χ3n) is 4.95. The van der Waals surface area contributed by atoms with Crippen molar-refractivity contribution in [3.8, 4) is 0 Å². The standard InChI is InChI=1S/C18H28O9/c1-2-3-4-7-26-17(24)11-8-10(20)5-6-18(11,25)16-15(23)14(22)13(21)12(9-19)27-16/h5-6,8,11-16,19-23,25H,2-4,7,9H2,1H3/t11?,12-,13-,14+,15-,16-,18?/m1/s1. The van der Waals surface area contributed by atoms with E-state index in [2.05, 4.69) is 0 Å². The minimum Gasteiger partial charge on any atom is -0.508 e. The Morgan fingerprint density at radius 3 is 2.56 bits per heavy atom. The van der Waals surface area contributed by atoms with Crippen LogP contribution in [0.15, 0.2) is 24.0 Å². The van der Waals surface area contributed by atoms with Gasteiger partial charge in [0.05, 0.1) is 13.2 Å². The van der Waals surface area contributed by atoms with E-state index in [0.29, 0.717) is 6.42 Å². The van der Waals surface area contributed by atoms with Gasteiger partial charge >= 0.3 is 5.97 Å². The lowest BCUT2D eigenvalue weighted by Gasteiger charge is -2.47. The number of allylic oxidation sites excluding steroid dienone is 1. The van der Waals surface area contributed by atoms with Gasteiger partial charge in [-0.3, -0.25) is 4.79 Å². The third kappa shape index (κ3) is 4.50. The van der Waals surface area contributed by atoms with Gasteiger partial charge in [0.25, 0.3) is 0 Å². The molecule has 1 aliphatic heterocycles. The number of aliphatic hydroxyl groups is 6. The van der Waals surface area contributed by atoms with Gasteiger partial charge in [-0.1, -0.05) is 19.8 Å². The summed E-state index contributed by atoms with van der Waals surface area (Å²) >= 11 is 0. The summed E-state index contributed by atoms with van der Waals surface area (Å²) in [4.78, 5) is 12.5. The van der Waals surface area contributed by atoms with Gasteiger partial charge < -0.3 is 40.1 Å². The van der Waals surface area contributed by atoms with Crippen molar-refractivity contribution >= 4 is 5.97 Å². The van der Waals surface area contributed by atoms with Crippen LogP contribution in [0.5, 0.6) is 0 Å². The van der Waals surface area contributed by atoms with Gasteiger partial charge in [-0.25, -0.2) is 0 Å². The molecule has 1 aliphatic carbocycles. The number of esters is 1. The molecule has 9 nitrogen and oxygen atoms in total. The summed E-state index contributed by atoms with van der Waals surface area (Å²) in [5, 5.41) is 60.4. The maximum Gasteiger partial charge on any atom is 0.316 e. The average Bonchev–Trinajstić information content (AvgIpc) is 2.65. The van der Waals surface area contributed by atoms with Crippen molar-refractivity contribution in [2.24, 2.45) is 5.92 Å². The molecule has 2 rings (SSSR count). The number of carbonyl (C=O) groups excluding carboxylic acids is 1. The van der Waals surface area contributed by atoms with Gasteiger partial charge in [0.15, 0.2) is 0 Å². The second kappa shape index (κ2) is 9.13. The normalized spacial score (nSPS) is 39.1. The van der Waals surface area contributed by atoms with E-state index in [1.54, 1.807) is 0 Å². The van der Waals surface area contributed by atoms with E-state index in [1.807, 2.05) is 6.92 Å². The van der Waals surface area contributed by atoms with E-state index in [-0.39, 0.29) is 12.4 Å². The zero-order valence-electron chi connectivity index (χ0n) is 15.1. The summed E-state index contributed by atoms with van der Waals surface area (Å²) in [5.74, 6) is -2.52. The quantitative estimate of drug-likeness (QED) is 0.236. The monoisotopic (exact) mass is 388 g/mol. The van der Waals surface area contributed by atoms with Crippen LogP contribution in [0.25, 0.3) is 0 Å². The van der Waals surface area contributed by atoms with E-state index in [1.165, 1.54) is 0 Å². The van der Waals surface area contributed by atoms with E-state index in [4.69, 9.17) is 9.47 Å². The maximum absolute atomic E-state index is 12.5. The fraction of sp³-hybridized carbons (Fsp3) is 0.722. The molecular formula is C18H28O9. The Bertz CT molecular complexity index is 573. The molecule has 0 aromatic rings. The smallest absolute Gasteiger partial charge is 0.316 e. The largest absolute Gasteiger partial charge is 0.508 e. The molecule has 6 N–H and O–H groups in total. The number of hydrogen-bond donors (Lipinski definition) is 6. The fourth-order valence-corrected chi connectivity index (χ4v) is 3.31. The van der Waals surface area contributed by atoms with E-state index in [0.717, 1.165) is 31.1 Å². The summed E-state index contributed by atoms with van der Waals surface area (Å²) in [6, 6.07) is 0. The van der Waals surface area contributed by atoms with Crippen molar-refractivity contribution in [1.29, 1.82) is 0 Å². The first-order valence-electron chi connectivity index (χ1n) is 9.05. The number of unbranched alkanes of at least 4 members (excludes halogenated alkanes) is 2. The molecular weight excluding hydrogens is 360 g/mol. The molecule has 0 aromatic heterocycles. The highest BCUT2D eigenvalue weighted by Gasteiger charge is 2.56. The molecule has 154 valence electrons. The molecule has 0 spiro atoms. The Labute approximate surface area is 157 Å². The first-order valence-corrected chi connectivity index (χ1v) is 9.05. The van der Waals surface area contributed by atoms with Crippen LogP contribution in [0.1, 0.15) is 26.2 Å². The Morgan fingerprint density at radius 1 is 1.22 bits per heavy atom. The molecule has 0 aromatic carbocycles. The van der Waals surface area contributed by atoms with Crippen molar-refractivity contribution in [1.82, 2.24) is 0 Å². The highest BCUT2D eigenvalue weighted by atomic mass is 16.6. The first kappa shape index (κ1) is 21.8. The van der Waals surface area contributed by atoms with Gasteiger partial charge in [-0.05, 0) is 24.6 Å². The van der Waals surface area contributed by atoms with Crippen LogP contribution < -0.4 is 0 Å². The Kier molecular flexibility index (Phi) is 7.38. The second-order valence-corrected chi connectivity index (χ2v) is 6.91. The number of hydrogen-bond acceptors (Lipinski definition) is 9. The zero-order chi connectivity index (χ0) is 20.2. The van der Waals surface area contributed by atoms with Crippen molar-refractivity contribution in [3.63, 3.8) is 0 Å². The van der Waals surface area contributed by atoms with Crippen LogP contribution in [-0.4, -0.2) is 85.9 Å². The molecule has 0 radical (unpaired) electrons. The average molecular weight is 388 g/mol. The van der Waals surface area contributed by atoms with Crippen LogP contribution >= 0.6 is 0 Å². The van der Waals surface area contributed by atoms with Crippen LogP contribution in [0.4, 0.5) is 0 Å². The lowest BCUT2D eigenvalue weighted by Crippen LogP contribution is -2.67. The SMILES string of the molecule is CCCCCOC(=O)C1C=C(O)C=CC1(O)[C@@H]1O[C@H](CO)[C@@H](O)[C@H](O)[C@H]1O. The predicted molar refractivity (Wildman–Crippen MR) is 92.5 cm³/mol. The van der Waals surface area contributed by atoms with Gasteiger partial charge in [-0.15, -0.1) is 0 Å². The number of carbonyl (C=O) groups is 1. The van der Waals surface area contributed by atoms with Gasteiger partial charge in [-0.2, -0.15) is 0 Å². The molecule has 9 heteroatoms. The van der Waals surface area contributed by atoms with E-state index >= 15 is 0 Å². The summed E-state index contributed by atoms with van der Waals surface area (Å²) in [5.41, 5.74) is -2.16. The third-order valence-corrected chi connectivity index (χ3v) is 4.95. The number of aliphatic hydroxyl groups excluding tert-OH is 5. The fourth-order valence-electron chi connectivity index (χ4n) is 3.31. The van der Waals surface area contributed by atoms with E-state index < -0.39 is 54.6 Å². The Hall–Kier alpha value is -1.49. The molecule has 1 heterocycles. The summed E-state index contributed by atoms with van der Waals surface area (Å²) in [6.07, 6.45) is -2.15. The van der Waals surface area contributed by atoms with Gasteiger partial charge in [0, 0.05) is 0 Å². The van der Waals surface area contributed by atoms with Crippen LogP contribution in [0.3, 0.4) is 0 Å². The molecule has 1 fully saturated rings. The molecule has 0 saturated carbocycles. The first-order chi connectivity index (χ1) is 12.8. The van der Waals surface area contributed by atoms with Crippen molar-refractivity contribution in [3.05, 3.63) is 24.0 Å². The van der Waals surface area contributed by atoms with Crippen LogP contribution in [0.2, 0.25) is 0 Å². The highest BCUT2D eigenvalue weighted by molar-refractivity contribution is 5.77. The van der Waals surface area contributed by atoms with Gasteiger partial charge in [0.2, 0.25) is 0 Å². The second-order valence-electron chi connectivity index (χ2n) is 6.91. The van der Waals surface area contributed by atoms with Gasteiger partial charge in [0.1, 0.15) is 47.8 Å². The number of rotatable bonds is 7. The molecule has 2 unspecified atom stereocenters. The lowest BCUT2D eigenvalue weighted by atomic mass is 9.74. The molecule has 7 atom stereocenters. The molecule has 0 bridgehead atoms. The Balaban J connectivity index is 2.25. The summed E-state index contributed by atoms with van der Waals surface area (Å²) < 4.78 is 10.6. The van der Waals surface area contributed by atoms with Crippen LogP contribution in [0, 0.1) is 5.92 Å². The lowest BCUT2D eigenvalue weighted by molar-refractivity contribution is -0.267. The van der Waals surface area contributed by atoms with Crippen LogP contribution in [-0.2, 0) is 14.3 Å². The molecule has 1 saturated heterocycles. The Morgan fingerprint density at radius 2 is 1.93 bits per heavy atom. The molecule has 27 heavy (non-hydrogen) atoms. The number of ether oxygens (including phenoxy) is 2. The summed E-state index contributed by atoms with van der Waals surface area (Å²) in [6.45, 7) is 1.45. The van der Waals surface area contributed by atoms with Crippen molar-refractivity contribution in [2.45, 2.75) is 62.3 Å². The molecule has 2 aliphatic rings. The maximum atomic E-state index is 12.5. The minimum atomic E-state index is -2.16. The van der Waals surface area contributed by atoms with E-state index in [9.17, 15) is 35.4 Å².